The Bertz CT molecular complexity index is 456. The second-order valence-corrected chi connectivity index (χ2v) is 5.32. The van der Waals surface area contributed by atoms with Crippen LogP contribution in [0, 0.1) is 23.2 Å². The summed E-state index contributed by atoms with van der Waals surface area (Å²) in [5.74, 6) is 1.60. The molecule has 1 heterocycles. The summed E-state index contributed by atoms with van der Waals surface area (Å²) in [6.07, 6.45) is 0. The maximum Gasteiger partial charge on any atom is 0.100 e. The number of nitrogens with zero attached hydrogens (tertiary/aromatic N) is 1. The SMILES string of the molecule is N#Cc1ccc(NC2C3CNCC32)cc1Br. The minimum atomic E-state index is 0.626. The average Bonchev–Trinajstić information content (AvgIpc) is 2.75. The monoisotopic (exact) mass is 277 g/mol. The molecule has 0 radical (unpaired) electrons. The molecule has 1 aliphatic heterocycles. The van der Waals surface area contributed by atoms with E-state index in [0.717, 1.165) is 35.1 Å². The number of piperidine rings is 1. The number of hydrogen-bond acceptors (Lipinski definition) is 3. The molecule has 2 fully saturated rings. The fourth-order valence-corrected chi connectivity index (χ4v) is 2.99. The molecule has 0 amide bonds. The van der Waals surface area contributed by atoms with Crippen molar-refractivity contribution in [1.82, 2.24) is 5.32 Å². The lowest BCUT2D eigenvalue weighted by Gasteiger charge is -2.09. The third-order valence-electron chi connectivity index (χ3n) is 3.51. The lowest BCUT2D eigenvalue weighted by atomic mass is 10.2. The Labute approximate surface area is 103 Å². The van der Waals surface area contributed by atoms with E-state index in [1.165, 1.54) is 0 Å². The highest BCUT2D eigenvalue weighted by atomic mass is 79.9. The lowest BCUT2D eigenvalue weighted by molar-refractivity contribution is 0.697. The van der Waals surface area contributed by atoms with Crippen LogP contribution in [0.1, 0.15) is 5.56 Å². The van der Waals surface area contributed by atoms with E-state index < -0.39 is 0 Å². The van der Waals surface area contributed by atoms with Gasteiger partial charge in [-0.1, -0.05) is 0 Å². The summed E-state index contributed by atoms with van der Waals surface area (Å²) >= 11 is 3.40. The minimum absolute atomic E-state index is 0.626. The zero-order valence-electron chi connectivity index (χ0n) is 8.70. The molecule has 82 valence electrons. The molecule has 0 aromatic heterocycles. The number of nitriles is 1. The van der Waals surface area contributed by atoms with Crippen LogP contribution in [0.4, 0.5) is 5.69 Å². The molecule has 2 unspecified atom stereocenters. The Morgan fingerprint density at radius 3 is 2.75 bits per heavy atom. The second kappa shape index (κ2) is 3.76. The van der Waals surface area contributed by atoms with Gasteiger partial charge in [0.2, 0.25) is 0 Å². The highest BCUT2D eigenvalue weighted by Gasteiger charge is 2.52. The molecule has 1 saturated heterocycles. The van der Waals surface area contributed by atoms with Gasteiger partial charge in [-0.25, -0.2) is 0 Å². The van der Waals surface area contributed by atoms with Crippen LogP contribution in [-0.2, 0) is 0 Å². The van der Waals surface area contributed by atoms with Gasteiger partial charge >= 0.3 is 0 Å². The molecule has 2 atom stereocenters. The Kier molecular flexibility index (Phi) is 2.38. The van der Waals surface area contributed by atoms with Crippen molar-refractivity contribution in [3.05, 3.63) is 28.2 Å². The summed E-state index contributed by atoms with van der Waals surface area (Å²) < 4.78 is 0.865. The van der Waals surface area contributed by atoms with Crippen LogP contribution < -0.4 is 10.6 Å². The van der Waals surface area contributed by atoms with Crippen molar-refractivity contribution in [2.75, 3.05) is 18.4 Å². The average molecular weight is 278 g/mol. The first-order valence-electron chi connectivity index (χ1n) is 5.46. The summed E-state index contributed by atoms with van der Waals surface area (Å²) in [6, 6.07) is 8.59. The number of nitrogens with one attached hydrogen (secondary N) is 2. The zero-order valence-corrected chi connectivity index (χ0v) is 10.3. The quantitative estimate of drug-likeness (QED) is 0.869. The van der Waals surface area contributed by atoms with Crippen LogP contribution in [0.15, 0.2) is 22.7 Å². The predicted molar refractivity (Wildman–Crippen MR) is 66.1 cm³/mol. The molecule has 1 aromatic carbocycles. The zero-order chi connectivity index (χ0) is 11.1. The molecule has 2 aliphatic rings. The van der Waals surface area contributed by atoms with Crippen LogP contribution in [0.3, 0.4) is 0 Å². The van der Waals surface area contributed by atoms with E-state index in [1.54, 1.807) is 0 Å². The Balaban J connectivity index is 1.72. The number of anilines is 1. The summed E-state index contributed by atoms with van der Waals surface area (Å²) in [6.45, 7) is 2.28. The largest absolute Gasteiger partial charge is 0.382 e. The molecular formula is C12H12BrN3. The van der Waals surface area contributed by atoms with E-state index in [4.69, 9.17) is 5.26 Å². The van der Waals surface area contributed by atoms with E-state index in [0.29, 0.717) is 11.6 Å². The van der Waals surface area contributed by atoms with Gasteiger partial charge in [0.1, 0.15) is 6.07 Å². The second-order valence-electron chi connectivity index (χ2n) is 4.46. The fraction of sp³-hybridized carbons (Fsp3) is 0.417. The third kappa shape index (κ3) is 1.60. The van der Waals surface area contributed by atoms with Crippen LogP contribution in [0.25, 0.3) is 0 Å². The van der Waals surface area contributed by atoms with Crippen LogP contribution >= 0.6 is 15.9 Å². The van der Waals surface area contributed by atoms with Gasteiger partial charge < -0.3 is 10.6 Å². The Hall–Kier alpha value is -1.05. The molecule has 1 aromatic rings. The normalized spacial score (nSPS) is 30.6. The summed E-state index contributed by atoms with van der Waals surface area (Å²) in [4.78, 5) is 0. The van der Waals surface area contributed by atoms with Crippen LogP contribution in [0.5, 0.6) is 0 Å². The van der Waals surface area contributed by atoms with Gasteiger partial charge in [0.25, 0.3) is 0 Å². The first-order valence-corrected chi connectivity index (χ1v) is 6.26. The van der Waals surface area contributed by atoms with Gasteiger partial charge in [0, 0.05) is 29.3 Å². The number of benzene rings is 1. The van der Waals surface area contributed by atoms with Gasteiger partial charge in [-0.15, -0.1) is 0 Å². The first kappa shape index (κ1) is 10.1. The van der Waals surface area contributed by atoms with Crippen molar-refractivity contribution in [2.24, 2.45) is 11.8 Å². The van der Waals surface area contributed by atoms with Gasteiger partial charge in [0.05, 0.1) is 5.56 Å². The van der Waals surface area contributed by atoms with Gasteiger partial charge in [-0.2, -0.15) is 5.26 Å². The molecule has 16 heavy (non-hydrogen) atoms. The van der Waals surface area contributed by atoms with Crippen molar-refractivity contribution in [3.8, 4) is 6.07 Å². The highest BCUT2D eigenvalue weighted by molar-refractivity contribution is 9.10. The molecule has 2 N–H and O–H groups in total. The van der Waals surface area contributed by atoms with E-state index in [2.05, 4.69) is 32.6 Å². The third-order valence-corrected chi connectivity index (χ3v) is 4.17. The molecular weight excluding hydrogens is 266 g/mol. The van der Waals surface area contributed by atoms with Crippen molar-refractivity contribution in [2.45, 2.75) is 6.04 Å². The minimum Gasteiger partial charge on any atom is -0.382 e. The smallest absolute Gasteiger partial charge is 0.100 e. The van der Waals surface area contributed by atoms with Crippen LogP contribution in [0.2, 0.25) is 0 Å². The van der Waals surface area contributed by atoms with E-state index in [-0.39, 0.29) is 0 Å². The number of rotatable bonds is 2. The van der Waals surface area contributed by atoms with Gasteiger partial charge in [0.15, 0.2) is 0 Å². The maximum atomic E-state index is 8.83. The standard InChI is InChI=1S/C12H12BrN3/c13-11-3-8(2-1-7(11)4-14)16-12-9-5-15-6-10(9)12/h1-3,9-10,12,15-16H,5-6H2. The van der Waals surface area contributed by atoms with E-state index in [9.17, 15) is 0 Å². The molecule has 3 rings (SSSR count). The van der Waals surface area contributed by atoms with Crippen molar-refractivity contribution in [1.29, 1.82) is 5.26 Å². The Morgan fingerprint density at radius 2 is 2.12 bits per heavy atom. The topological polar surface area (TPSA) is 47.9 Å². The Morgan fingerprint density at radius 1 is 1.38 bits per heavy atom. The lowest BCUT2D eigenvalue weighted by Crippen LogP contribution is -2.21. The van der Waals surface area contributed by atoms with Crippen molar-refractivity contribution in [3.63, 3.8) is 0 Å². The van der Waals surface area contributed by atoms with Crippen LogP contribution in [-0.4, -0.2) is 19.1 Å². The molecule has 3 nitrogen and oxygen atoms in total. The summed E-state index contributed by atoms with van der Waals surface area (Å²) in [5.41, 5.74) is 1.79. The molecule has 1 saturated carbocycles. The first-order chi connectivity index (χ1) is 7.79. The highest BCUT2D eigenvalue weighted by Crippen LogP contribution is 2.43. The number of hydrogen-bond donors (Lipinski definition) is 2. The fourth-order valence-electron chi connectivity index (χ4n) is 2.52. The number of fused-ring (bicyclic) bond motifs is 1. The summed E-state index contributed by atoms with van der Waals surface area (Å²) in [7, 11) is 0. The van der Waals surface area contributed by atoms with Crippen molar-refractivity contribution >= 4 is 21.6 Å². The van der Waals surface area contributed by atoms with Gasteiger partial charge in [-0.05, 0) is 46.0 Å². The molecule has 1 aliphatic carbocycles. The number of halogens is 1. The predicted octanol–water partition coefficient (Wildman–Crippen LogP) is 1.95. The molecule has 0 bridgehead atoms. The van der Waals surface area contributed by atoms with Gasteiger partial charge in [-0.3, -0.25) is 0 Å². The van der Waals surface area contributed by atoms with Crippen molar-refractivity contribution < 1.29 is 0 Å². The molecule has 4 heteroatoms. The molecule has 0 spiro atoms. The summed E-state index contributed by atoms with van der Waals surface area (Å²) in [5, 5.41) is 15.7. The van der Waals surface area contributed by atoms with E-state index >= 15 is 0 Å². The van der Waals surface area contributed by atoms with E-state index in [1.807, 2.05) is 18.2 Å². The maximum absolute atomic E-state index is 8.83.